The monoisotopic (exact) mass is 261 g/mol. The summed E-state index contributed by atoms with van der Waals surface area (Å²) < 4.78 is 10.4. The summed E-state index contributed by atoms with van der Waals surface area (Å²) in [5, 5.41) is 2.85. The van der Waals surface area contributed by atoms with Gasteiger partial charge in [-0.1, -0.05) is 6.07 Å². The van der Waals surface area contributed by atoms with Crippen molar-refractivity contribution in [3.05, 3.63) is 17.7 Å². The minimum absolute atomic E-state index is 0.0556. The predicted molar refractivity (Wildman–Crippen MR) is 69.6 cm³/mol. The number of aromatic amines is 1. The van der Waals surface area contributed by atoms with E-state index in [0.717, 1.165) is 17.5 Å². The summed E-state index contributed by atoms with van der Waals surface area (Å²) in [4.78, 5) is 19.3. The number of imidazole rings is 1. The summed E-state index contributed by atoms with van der Waals surface area (Å²) in [5.74, 6) is 0.579. The third-order valence-corrected chi connectivity index (χ3v) is 3.46. The van der Waals surface area contributed by atoms with Crippen LogP contribution in [0, 0.1) is 0 Å². The van der Waals surface area contributed by atoms with Crippen LogP contribution in [0.5, 0.6) is 11.8 Å². The van der Waals surface area contributed by atoms with Crippen molar-refractivity contribution in [3.8, 4) is 11.8 Å². The van der Waals surface area contributed by atoms with E-state index in [4.69, 9.17) is 9.47 Å². The lowest BCUT2D eigenvalue weighted by molar-refractivity contribution is -0.120. The fraction of sp³-hybridized carbons (Fsp3) is 0.385. The van der Waals surface area contributed by atoms with Crippen LogP contribution in [0.4, 0.5) is 0 Å². The van der Waals surface area contributed by atoms with Crippen LogP contribution in [-0.4, -0.2) is 36.6 Å². The molecule has 2 aromatic rings. The van der Waals surface area contributed by atoms with Gasteiger partial charge in [0.05, 0.1) is 25.7 Å². The molecule has 0 aliphatic carbocycles. The number of carbonyl (C=O) groups excluding carboxylic acids is 1. The Hall–Kier alpha value is -2.24. The van der Waals surface area contributed by atoms with Crippen LogP contribution < -0.4 is 14.8 Å². The molecule has 0 saturated carbocycles. The number of nitrogens with zero attached hydrogens (tertiary/aromatic N) is 1. The van der Waals surface area contributed by atoms with Gasteiger partial charge in [-0.2, -0.15) is 4.98 Å². The molecule has 1 aliphatic rings. The molecule has 6 nitrogen and oxygen atoms in total. The van der Waals surface area contributed by atoms with Gasteiger partial charge in [0.2, 0.25) is 5.91 Å². The van der Waals surface area contributed by atoms with Gasteiger partial charge in [-0.15, -0.1) is 0 Å². The molecule has 3 rings (SSSR count). The standard InChI is InChI=1S/C13H15N3O3/c1-18-9-4-3-7(8-5-6-14-12(8)17)10-11(9)16-13(15-10)19-2/h3-4,8H,5-6H2,1-2H3,(H,14,17)(H,15,16). The zero-order valence-corrected chi connectivity index (χ0v) is 10.8. The van der Waals surface area contributed by atoms with E-state index in [1.54, 1.807) is 14.2 Å². The molecule has 1 aliphatic heterocycles. The number of hydrogen-bond acceptors (Lipinski definition) is 4. The molecule has 1 fully saturated rings. The van der Waals surface area contributed by atoms with Gasteiger partial charge in [0, 0.05) is 6.54 Å². The van der Waals surface area contributed by atoms with Crippen molar-refractivity contribution < 1.29 is 14.3 Å². The smallest absolute Gasteiger partial charge is 0.294 e. The van der Waals surface area contributed by atoms with E-state index in [1.807, 2.05) is 12.1 Å². The molecule has 1 saturated heterocycles. The molecule has 0 bridgehead atoms. The van der Waals surface area contributed by atoms with E-state index in [2.05, 4.69) is 15.3 Å². The van der Waals surface area contributed by atoms with Gasteiger partial charge in [-0.05, 0) is 18.1 Å². The number of methoxy groups -OCH3 is 2. The van der Waals surface area contributed by atoms with Crippen molar-refractivity contribution in [2.75, 3.05) is 20.8 Å². The molecule has 1 unspecified atom stereocenters. The zero-order chi connectivity index (χ0) is 13.4. The Morgan fingerprint density at radius 2 is 2.16 bits per heavy atom. The third kappa shape index (κ3) is 1.80. The fourth-order valence-corrected chi connectivity index (χ4v) is 2.51. The van der Waals surface area contributed by atoms with E-state index in [-0.39, 0.29) is 11.8 Å². The molecule has 1 aromatic carbocycles. The number of benzene rings is 1. The largest absolute Gasteiger partial charge is 0.494 e. The molecule has 1 aromatic heterocycles. The van der Waals surface area contributed by atoms with Crippen LogP contribution >= 0.6 is 0 Å². The fourth-order valence-electron chi connectivity index (χ4n) is 2.51. The van der Waals surface area contributed by atoms with E-state index in [9.17, 15) is 4.79 Å². The zero-order valence-electron chi connectivity index (χ0n) is 10.8. The number of aromatic nitrogens is 2. The third-order valence-electron chi connectivity index (χ3n) is 3.46. The number of amides is 1. The van der Waals surface area contributed by atoms with Gasteiger partial charge in [-0.3, -0.25) is 4.79 Å². The van der Waals surface area contributed by atoms with Crippen LogP contribution in [0.3, 0.4) is 0 Å². The summed E-state index contributed by atoms with van der Waals surface area (Å²) in [7, 11) is 3.14. The Kier molecular flexibility index (Phi) is 2.77. The summed E-state index contributed by atoms with van der Waals surface area (Å²) >= 11 is 0. The summed E-state index contributed by atoms with van der Waals surface area (Å²) in [5.41, 5.74) is 2.43. The second-order valence-electron chi connectivity index (χ2n) is 4.46. The number of rotatable bonds is 3. The average Bonchev–Trinajstić information content (AvgIpc) is 3.03. The normalized spacial score (nSPS) is 18.6. The van der Waals surface area contributed by atoms with Gasteiger partial charge >= 0.3 is 0 Å². The van der Waals surface area contributed by atoms with Gasteiger partial charge in [0.25, 0.3) is 6.01 Å². The highest BCUT2D eigenvalue weighted by Crippen LogP contribution is 2.34. The quantitative estimate of drug-likeness (QED) is 0.870. The van der Waals surface area contributed by atoms with Gasteiger partial charge in [0.1, 0.15) is 11.3 Å². The molecule has 0 spiro atoms. The SMILES string of the molecule is COc1nc2c(OC)ccc(C3CCNC3=O)c2[nH]1. The van der Waals surface area contributed by atoms with Gasteiger partial charge in [-0.25, -0.2) is 0 Å². The lowest BCUT2D eigenvalue weighted by Crippen LogP contribution is -2.18. The molecule has 1 atom stereocenters. The van der Waals surface area contributed by atoms with E-state index >= 15 is 0 Å². The Labute approximate surface area is 110 Å². The van der Waals surface area contributed by atoms with Gasteiger partial charge in [0.15, 0.2) is 0 Å². The molecule has 19 heavy (non-hydrogen) atoms. The average molecular weight is 261 g/mol. The lowest BCUT2D eigenvalue weighted by Gasteiger charge is -2.10. The number of H-pyrrole nitrogens is 1. The number of hydrogen-bond donors (Lipinski definition) is 2. The number of nitrogens with one attached hydrogen (secondary N) is 2. The maximum Gasteiger partial charge on any atom is 0.294 e. The summed E-state index contributed by atoms with van der Waals surface area (Å²) in [6, 6.07) is 4.16. The second-order valence-corrected chi connectivity index (χ2v) is 4.46. The lowest BCUT2D eigenvalue weighted by atomic mass is 9.96. The van der Waals surface area contributed by atoms with Crippen molar-refractivity contribution in [2.45, 2.75) is 12.3 Å². The minimum atomic E-state index is -0.140. The number of fused-ring (bicyclic) bond motifs is 1. The molecular formula is C13H15N3O3. The van der Waals surface area contributed by atoms with E-state index in [0.29, 0.717) is 23.8 Å². The van der Waals surface area contributed by atoms with Crippen molar-refractivity contribution in [2.24, 2.45) is 0 Å². The van der Waals surface area contributed by atoms with E-state index in [1.165, 1.54) is 0 Å². The van der Waals surface area contributed by atoms with Crippen molar-refractivity contribution >= 4 is 16.9 Å². The minimum Gasteiger partial charge on any atom is -0.494 e. The first-order valence-electron chi connectivity index (χ1n) is 6.13. The molecular weight excluding hydrogens is 246 g/mol. The Morgan fingerprint density at radius 3 is 2.79 bits per heavy atom. The first-order valence-corrected chi connectivity index (χ1v) is 6.13. The highest BCUT2D eigenvalue weighted by molar-refractivity contribution is 5.93. The van der Waals surface area contributed by atoms with Crippen molar-refractivity contribution in [3.63, 3.8) is 0 Å². The second kappa shape index (κ2) is 4.46. The molecule has 2 N–H and O–H groups in total. The highest BCUT2D eigenvalue weighted by atomic mass is 16.5. The number of carbonyl (C=O) groups is 1. The maximum absolute atomic E-state index is 11.8. The van der Waals surface area contributed by atoms with Crippen LogP contribution in [0.25, 0.3) is 11.0 Å². The van der Waals surface area contributed by atoms with Crippen LogP contribution in [-0.2, 0) is 4.79 Å². The maximum atomic E-state index is 11.8. The topological polar surface area (TPSA) is 76.2 Å². The van der Waals surface area contributed by atoms with E-state index < -0.39 is 0 Å². The van der Waals surface area contributed by atoms with Gasteiger partial charge < -0.3 is 19.8 Å². The summed E-state index contributed by atoms with van der Waals surface area (Å²) in [6.07, 6.45) is 0.793. The molecule has 1 amide bonds. The van der Waals surface area contributed by atoms with Crippen molar-refractivity contribution in [1.82, 2.24) is 15.3 Å². The Morgan fingerprint density at radius 1 is 1.32 bits per heavy atom. The Balaban J connectivity index is 2.19. The van der Waals surface area contributed by atoms with Crippen LogP contribution in [0.2, 0.25) is 0 Å². The van der Waals surface area contributed by atoms with Crippen molar-refractivity contribution in [1.29, 1.82) is 0 Å². The Bertz CT molecular complexity index is 635. The number of ether oxygens (including phenoxy) is 2. The molecule has 0 radical (unpaired) electrons. The first kappa shape index (κ1) is 11.8. The van der Waals surface area contributed by atoms with Crippen LogP contribution in [0.15, 0.2) is 12.1 Å². The molecule has 100 valence electrons. The predicted octanol–water partition coefficient (Wildman–Crippen LogP) is 1.18. The highest BCUT2D eigenvalue weighted by Gasteiger charge is 2.28. The molecule has 6 heteroatoms. The van der Waals surface area contributed by atoms with Crippen LogP contribution in [0.1, 0.15) is 17.9 Å². The summed E-state index contributed by atoms with van der Waals surface area (Å²) in [6.45, 7) is 0.711. The first-order chi connectivity index (χ1) is 9.24. The molecule has 2 heterocycles.